The largest absolute Gasteiger partial charge is 0.420 e. The number of carbonyl (C=O) groups excluding carboxylic acids is 1. The van der Waals surface area contributed by atoms with Crippen molar-refractivity contribution in [2.45, 2.75) is 13.0 Å². The lowest BCUT2D eigenvalue weighted by Crippen LogP contribution is -2.38. The molecule has 0 unspecified atom stereocenters. The number of benzene rings is 1. The van der Waals surface area contributed by atoms with E-state index in [1.807, 2.05) is 6.07 Å². The van der Waals surface area contributed by atoms with E-state index in [-0.39, 0.29) is 12.5 Å². The molecule has 26 heavy (non-hydrogen) atoms. The molecular weight excluding hydrogens is 334 g/mol. The summed E-state index contributed by atoms with van der Waals surface area (Å²) in [5.74, 6) is 0.0852. The maximum Gasteiger partial charge on any atom is 0.420 e. The van der Waals surface area contributed by atoms with Crippen LogP contribution in [0.15, 0.2) is 51.9 Å². The smallest absolute Gasteiger partial charge is 0.408 e. The normalized spacial score (nSPS) is 15.2. The Hall–Kier alpha value is -3.16. The number of oxazole rings is 1. The maximum atomic E-state index is 12.7. The molecule has 1 aliphatic heterocycles. The van der Waals surface area contributed by atoms with E-state index >= 15 is 0 Å². The molecule has 0 saturated carbocycles. The van der Waals surface area contributed by atoms with Crippen molar-refractivity contribution in [2.24, 2.45) is 0 Å². The second-order valence-electron chi connectivity index (χ2n) is 6.19. The topological polar surface area (TPSA) is 84.5 Å². The van der Waals surface area contributed by atoms with Crippen LogP contribution in [0.5, 0.6) is 0 Å². The Morgan fingerprint density at radius 3 is 2.69 bits per heavy atom. The molecule has 0 bridgehead atoms. The summed E-state index contributed by atoms with van der Waals surface area (Å²) in [7, 11) is 0. The average molecular weight is 353 g/mol. The number of aromatic nitrogens is 3. The zero-order valence-electron chi connectivity index (χ0n) is 14.2. The van der Waals surface area contributed by atoms with E-state index in [1.165, 1.54) is 4.57 Å². The van der Waals surface area contributed by atoms with Gasteiger partial charge in [-0.05, 0) is 24.6 Å². The number of amides is 1. The predicted molar refractivity (Wildman–Crippen MR) is 95.9 cm³/mol. The predicted octanol–water partition coefficient (Wildman–Crippen LogP) is 1.12. The number of carbonyl (C=O) groups is 1. The van der Waals surface area contributed by atoms with Gasteiger partial charge in [0.15, 0.2) is 5.58 Å². The molecule has 3 aromatic rings. The molecule has 134 valence electrons. The molecule has 1 aliphatic rings. The molecular formula is C18H19N5O3. The number of hydrogen-bond donors (Lipinski definition) is 0. The fourth-order valence-corrected chi connectivity index (χ4v) is 3.22. The molecule has 0 N–H and O–H groups in total. The van der Waals surface area contributed by atoms with Crippen LogP contribution in [0, 0.1) is 0 Å². The number of rotatable bonds is 3. The van der Waals surface area contributed by atoms with Gasteiger partial charge < -0.3 is 14.2 Å². The first kappa shape index (κ1) is 16.3. The Morgan fingerprint density at radius 1 is 1.04 bits per heavy atom. The molecule has 8 heteroatoms. The Balaban J connectivity index is 1.47. The fraction of sp³-hybridized carbons (Fsp3) is 0.333. The molecule has 1 aromatic carbocycles. The Morgan fingerprint density at radius 2 is 1.85 bits per heavy atom. The van der Waals surface area contributed by atoms with Gasteiger partial charge in [-0.1, -0.05) is 12.1 Å². The minimum atomic E-state index is -0.506. The van der Waals surface area contributed by atoms with E-state index in [2.05, 4.69) is 14.9 Å². The maximum absolute atomic E-state index is 12.7. The summed E-state index contributed by atoms with van der Waals surface area (Å²) in [6.07, 6.45) is 4.25. The zero-order chi connectivity index (χ0) is 17.9. The average Bonchev–Trinajstić information content (AvgIpc) is 2.85. The lowest BCUT2D eigenvalue weighted by Gasteiger charge is -2.22. The number of nitrogens with zero attached hydrogens (tertiary/aromatic N) is 5. The monoisotopic (exact) mass is 353 g/mol. The summed E-state index contributed by atoms with van der Waals surface area (Å²) in [5.41, 5.74) is 1.13. The van der Waals surface area contributed by atoms with Crippen LogP contribution in [0.25, 0.3) is 11.1 Å². The van der Waals surface area contributed by atoms with E-state index in [9.17, 15) is 9.59 Å². The molecule has 2 aromatic heterocycles. The summed E-state index contributed by atoms with van der Waals surface area (Å²) >= 11 is 0. The summed E-state index contributed by atoms with van der Waals surface area (Å²) < 4.78 is 6.59. The second kappa shape index (κ2) is 6.99. The molecule has 4 rings (SSSR count). The summed E-state index contributed by atoms with van der Waals surface area (Å²) in [5, 5.41) is 0. The summed E-state index contributed by atoms with van der Waals surface area (Å²) in [4.78, 5) is 37.2. The van der Waals surface area contributed by atoms with Crippen LogP contribution < -0.4 is 10.7 Å². The van der Waals surface area contributed by atoms with Crippen LogP contribution in [0.1, 0.15) is 6.42 Å². The second-order valence-corrected chi connectivity index (χ2v) is 6.19. The highest BCUT2D eigenvalue weighted by Crippen LogP contribution is 2.13. The van der Waals surface area contributed by atoms with Crippen molar-refractivity contribution in [2.75, 3.05) is 31.1 Å². The summed E-state index contributed by atoms with van der Waals surface area (Å²) in [6, 6.07) is 8.91. The first-order valence-electron chi connectivity index (χ1n) is 8.60. The van der Waals surface area contributed by atoms with Crippen molar-refractivity contribution in [3.05, 3.63) is 53.3 Å². The Kier molecular flexibility index (Phi) is 4.39. The van der Waals surface area contributed by atoms with Gasteiger partial charge >= 0.3 is 5.76 Å². The molecule has 1 fully saturated rings. The third-order valence-electron chi connectivity index (χ3n) is 4.55. The van der Waals surface area contributed by atoms with Crippen LogP contribution in [0.3, 0.4) is 0 Å². The van der Waals surface area contributed by atoms with Gasteiger partial charge in [0.05, 0.1) is 5.52 Å². The van der Waals surface area contributed by atoms with Crippen LogP contribution in [0.2, 0.25) is 0 Å². The summed E-state index contributed by atoms with van der Waals surface area (Å²) in [6.45, 7) is 2.66. The van der Waals surface area contributed by atoms with E-state index in [0.717, 1.165) is 13.0 Å². The van der Waals surface area contributed by atoms with Gasteiger partial charge in [-0.15, -0.1) is 0 Å². The third kappa shape index (κ3) is 3.17. The first-order valence-corrected chi connectivity index (χ1v) is 8.60. The van der Waals surface area contributed by atoms with Crippen LogP contribution in [0.4, 0.5) is 5.95 Å². The molecule has 0 spiro atoms. The highest BCUT2D eigenvalue weighted by atomic mass is 16.4. The highest BCUT2D eigenvalue weighted by Gasteiger charge is 2.22. The lowest BCUT2D eigenvalue weighted by molar-refractivity contribution is -0.131. The number of para-hydroxylation sites is 2. The fourth-order valence-electron chi connectivity index (χ4n) is 3.22. The van der Waals surface area contributed by atoms with E-state index in [4.69, 9.17) is 4.42 Å². The minimum absolute atomic E-state index is 0.0162. The van der Waals surface area contributed by atoms with Crippen LogP contribution in [-0.4, -0.2) is 51.5 Å². The minimum Gasteiger partial charge on any atom is -0.408 e. The van der Waals surface area contributed by atoms with Crippen molar-refractivity contribution in [3.8, 4) is 0 Å². The van der Waals surface area contributed by atoms with Crippen molar-refractivity contribution in [1.82, 2.24) is 19.4 Å². The molecule has 0 radical (unpaired) electrons. The third-order valence-corrected chi connectivity index (χ3v) is 4.55. The zero-order valence-corrected chi connectivity index (χ0v) is 14.2. The lowest BCUT2D eigenvalue weighted by atomic mass is 10.3. The van der Waals surface area contributed by atoms with Crippen molar-refractivity contribution in [3.63, 3.8) is 0 Å². The first-order chi connectivity index (χ1) is 12.7. The molecule has 1 amide bonds. The Bertz CT molecular complexity index is 966. The Labute approximate surface area is 149 Å². The molecule has 8 nitrogen and oxygen atoms in total. The standard InChI is InChI=1S/C18H19N5O3/c24-16(13-23-14-5-1-2-6-15(14)26-18(23)25)21-9-4-10-22(12-11-21)17-19-7-3-8-20-17/h1-3,5-8H,4,9-13H2. The highest BCUT2D eigenvalue weighted by molar-refractivity contribution is 5.79. The van der Waals surface area contributed by atoms with Crippen molar-refractivity contribution < 1.29 is 9.21 Å². The van der Waals surface area contributed by atoms with E-state index in [0.29, 0.717) is 36.7 Å². The molecule has 3 heterocycles. The van der Waals surface area contributed by atoms with Crippen LogP contribution in [-0.2, 0) is 11.3 Å². The molecule has 0 atom stereocenters. The molecule has 0 aliphatic carbocycles. The van der Waals surface area contributed by atoms with Gasteiger partial charge in [-0.2, -0.15) is 0 Å². The quantitative estimate of drug-likeness (QED) is 0.702. The van der Waals surface area contributed by atoms with Gasteiger partial charge in [0.2, 0.25) is 11.9 Å². The molecule has 1 saturated heterocycles. The van der Waals surface area contributed by atoms with Crippen molar-refractivity contribution >= 4 is 23.0 Å². The number of hydrogen-bond acceptors (Lipinski definition) is 6. The van der Waals surface area contributed by atoms with E-state index in [1.54, 1.807) is 41.6 Å². The number of anilines is 1. The van der Waals surface area contributed by atoms with Gasteiger partial charge in [-0.3, -0.25) is 9.36 Å². The van der Waals surface area contributed by atoms with E-state index < -0.39 is 5.76 Å². The van der Waals surface area contributed by atoms with Gasteiger partial charge in [-0.25, -0.2) is 14.8 Å². The van der Waals surface area contributed by atoms with Gasteiger partial charge in [0, 0.05) is 38.6 Å². The number of fused-ring (bicyclic) bond motifs is 1. The van der Waals surface area contributed by atoms with Gasteiger partial charge in [0.25, 0.3) is 0 Å². The SMILES string of the molecule is O=C(Cn1c(=O)oc2ccccc21)N1CCCN(c2ncccn2)CC1. The van der Waals surface area contributed by atoms with Crippen molar-refractivity contribution in [1.29, 1.82) is 0 Å². The van der Waals surface area contributed by atoms with Crippen LogP contribution >= 0.6 is 0 Å². The van der Waals surface area contributed by atoms with Gasteiger partial charge in [0.1, 0.15) is 6.54 Å².